The maximum Gasteiger partial charge on any atom is 0.254 e. The summed E-state index contributed by atoms with van der Waals surface area (Å²) in [6, 6.07) is 20.0. The lowest BCUT2D eigenvalue weighted by molar-refractivity contribution is 0.0749. The normalized spacial score (nSPS) is 14.5. The van der Waals surface area contributed by atoms with E-state index in [-0.39, 0.29) is 5.91 Å². The predicted octanol–water partition coefficient (Wildman–Crippen LogP) is 4.42. The topological polar surface area (TPSA) is 45.7 Å². The van der Waals surface area contributed by atoms with E-state index in [9.17, 15) is 4.79 Å². The van der Waals surface area contributed by atoms with Crippen molar-refractivity contribution in [3.8, 4) is 5.75 Å². The van der Waals surface area contributed by atoms with Crippen LogP contribution in [0.25, 0.3) is 21.0 Å². The van der Waals surface area contributed by atoms with Crippen LogP contribution in [-0.2, 0) is 0 Å². The summed E-state index contributed by atoms with van der Waals surface area (Å²) in [5, 5.41) is 3.12. The molecule has 0 spiro atoms. The third-order valence-corrected chi connectivity index (χ3v) is 6.52. The Morgan fingerprint density at radius 1 is 1.00 bits per heavy atom. The summed E-state index contributed by atoms with van der Waals surface area (Å²) >= 11 is 1.67. The van der Waals surface area contributed by atoms with Crippen molar-refractivity contribution in [3.05, 3.63) is 66.2 Å². The number of hydrogen-bond donors (Lipinski definition) is 0. The molecule has 5 nitrogen and oxygen atoms in total. The molecule has 1 aromatic heterocycles. The zero-order valence-electron chi connectivity index (χ0n) is 16.2. The van der Waals surface area contributed by atoms with Crippen molar-refractivity contribution in [1.29, 1.82) is 0 Å². The van der Waals surface area contributed by atoms with Crippen molar-refractivity contribution in [2.24, 2.45) is 0 Å². The number of benzene rings is 3. The molecule has 146 valence electrons. The Bertz CT molecular complexity index is 1190. The summed E-state index contributed by atoms with van der Waals surface area (Å²) in [5.41, 5.74) is 1.77. The first-order chi connectivity index (χ1) is 14.2. The van der Waals surface area contributed by atoms with Gasteiger partial charge in [0.15, 0.2) is 5.13 Å². The van der Waals surface area contributed by atoms with E-state index in [0.29, 0.717) is 13.1 Å². The minimum Gasteiger partial charge on any atom is -0.497 e. The maximum absolute atomic E-state index is 13.1. The summed E-state index contributed by atoms with van der Waals surface area (Å²) in [6.07, 6.45) is 0. The fraction of sp³-hybridized carbons (Fsp3) is 0.217. The lowest BCUT2D eigenvalue weighted by Gasteiger charge is -2.34. The number of ether oxygens (including phenoxy) is 1. The number of fused-ring (bicyclic) bond motifs is 2. The van der Waals surface area contributed by atoms with E-state index >= 15 is 0 Å². The van der Waals surface area contributed by atoms with Crippen molar-refractivity contribution < 1.29 is 9.53 Å². The SMILES string of the molecule is COc1ccc2nc(N3CCN(C(=O)c4cccc5ccccc45)CC3)sc2c1. The van der Waals surface area contributed by atoms with Gasteiger partial charge < -0.3 is 14.5 Å². The molecular weight excluding hydrogens is 382 g/mol. The Morgan fingerprint density at radius 3 is 2.62 bits per heavy atom. The molecule has 0 unspecified atom stereocenters. The molecule has 1 aliphatic heterocycles. The van der Waals surface area contributed by atoms with Crippen molar-refractivity contribution in [2.75, 3.05) is 38.2 Å². The van der Waals surface area contributed by atoms with Gasteiger partial charge in [0.05, 0.1) is 17.3 Å². The van der Waals surface area contributed by atoms with Gasteiger partial charge in [-0.1, -0.05) is 47.7 Å². The van der Waals surface area contributed by atoms with Crippen LogP contribution in [0.4, 0.5) is 5.13 Å². The highest BCUT2D eigenvalue weighted by Gasteiger charge is 2.24. The number of piperazine rings is 1. The number of carbonyl (C=O) groups is 1. The number of carbonyl (C=O) groups excluding carboxylic acids is 1. The standard InChI is InChI=1S/C23H21N3O2S/c1-28-17-9-10-20-21(15-17)29-23(24-20)26-13-11-25(12-14-26)22(27)19-8-4-6-16-5-2-3-7-18(16)19/h2-10,15H,11-14H2,1H3. The number of methoxy groups -OCH3 is 1. The first-order valence-corrected chi connectivity index (χ1v) is 10.5. The first kappa shape index (κ1) is 17.9. The molecular formula is C23H21N3O2S. The number of thiazole rings is 1. The van der Waals surface area contributed by atoms with Gasteiger partial charge in [0.25, 0.3) is 5.91 Å². The van der Waals surface area contributed by atoms with E-state index in [1.165, 1.54) is 0 Å². The van der Waals surface area contributed by atoms with Crippen LogP contribution in [0.3, 0.4) is 0 Å². The Balaban J connectivity index is 1.33. The second kappa shape index (κ2) is 7.37. The second-order valence-corrected chi connectivity index (χ2v) is 8.15. The van der Waals surface area contributed by atoms with E-state index < -0.39 is 0 Å². The Kier molecular flexibility index (Phi) is 4.56. The van der Waals surface area contributed by atoms with Crippen LogP contribution < -0.4 is 9.64 Å². The smallest absolute Gasteiger partial charge is 0.254 e. The predicted molar refractivity (Wildman–Crippen MR) is 118 cm³/mol. The zero-order valence-corrected chi connectivity index (χ0v) is 17.0. The van der Waals surface area contributed by atoms with Gasteiger partial charge in [0.2, 0.25) is 0 Å². The summed E-state index contributed by atoms with van der Waals surface area (Å²) in [4.78, 5) is 22.1. The minimum absolute atomic E-state index is 0.107. The van der Waals surface area contributed by atoms with Gasteiger partial charge in [-0.2, -0.15) is 0 Å². The molecule has 4 aromatic rings. The molecule has 3 aromatic carbocycles. The van der Waals surface area contributed by atoms with E-state index in [4.69, 9.17) is 9.72 Å². The quantitative estimate of drug-likeness (QED) is 0.508. The highest BCUT2D eigenvalue weighted by atomic mass is 32.1. The molecule has 0 atom stereocenters. The number of amides is 1. The number of aromatic nitrogens is 1. The van der Waals surface area contributed by atoms with Gasteiger partial charge in [-0.25, -0.2) is 4.98 Å². The van der Waals surface area contributed by atoms with Gasteiger partial charge >= 0.3 is 0 Å². The summed E-state index contributed by atoms with van der Waals surface area (Å²) in [7, 11) is 1.68. The molecule has 1 fully saturated rings. The molecule has 0 aliphatic carbocycles. The molecule has 0 bridgehead atoms. The lowest BCUT2D eigenvalue weighted by Crippen LogP contribution is -2.48. The monoisotopic (exact) mass is 403 g/mol. The number of rotatable bonds is 3. The van der Waals surface area contributed by atoms with Crippen LogP contribution in [0.5, 0.6) is 5.75 Å². The van der Waals surface area contributed by atoms with E-state index in [1.807, 2.05) is 65.6 Å². The van der Waals surface area contributed by atoms with Crippen LogP contribution in [-0.4, -0.2) is 49.1 Å². The van der Waals surface area contributed by atoms with Crippen molar-refractivity contribution in [3.63, 3.8) is 0 Å². The minimum atomic E-state index is 0.107. The van der Waals surface area contributed by atoms with Gasteiger partial charge in [0.1, 0.15) is 5.75 Å². The van der Waals surface area contributed by atoms with Crippen LogP contribution in [0.2, 0.25) is 0 Å². The van der Waals surface area contributed by atoms with Crippen molar-refractivity contribution in [2.45, 2.75) is 0 Å². The average molecular weight is 404 g/mol. The molecule has 29 heavy (non-hydrogen) atoms. The highest BCUT2D eigenvalue weighted by molar-refractivity contribution is 7.22. The molecule has 2 heterocycles. The largest absolute Gasteiger partial charge is 0.497 e. The van der Waals surface area contributed by atoms with Crippen molar-refractivity contribution >= 4 is 43.4 Å². The average Bonchev–Trinajstić information content (AvgIpc) is 3.21. The second-order valence-electron chi connectivity index (χ2n) is 7.14. The number of hydrogen-bond acceptors (Lipinski definition) is 5. The van der Waals surface area contributed by atoms with Crippen LogP contribution in [0.1, 0.15) is 10.4 Å². The van der Waals surface area contributed by atoms with E-state index in [1.54, 1.807) is 18.4 Å². The number of nitrogens with zero attached hydrogens (tertiary/aromatic N) is 3. The van der Waals surface area contributed by atoms with Crippen LogP contribution >= 0.6 is 11.3 Å². The fourth-order valence-corrected chi connectivity index (χ4v) is 4.88. The summed E-state index contributed by atoms with van der Waals surface area (Å²) in [6.45, 7) is 2.96. The number of anilines is 1. The van der Waals surface area contributed by atoms with Crippen molar-refractivity contribution in [1.82, 2.24) is 9.88 Å². The lowest BCUT2D eigenvalue weighted by atomic mass is 10.0. The molecule has 1 aliphatic rings. The van der Waals surface area contributed by atoms with Gasteiger partial charge in [-0.05, 0) is 35.0 Å². The van der Waals surface area contributed by atoms with E-state index in [2.05, 4.69) is 4.90 Å². The molecule has 5 rings (SSSR count). The van der Waals surface area contributed by atoms with E-state index in [0.717, 1.165) is 50.5 Å². The third-order valence-electron chi connectivity index (χ3n) is 5.44. The Labute approximate surface area is 173 Å². The van der Waals surface area contributed by atoms with Gasteiger partial charge in [-0.15, -0.1) is 0 Å². The highest BCUT2D eigenvalue weighted by Crippen LogP contribution is 2.32. The molecule has 1 amide bonds. The summed E-state index contributed by atoms with van der Waals surface area (Å²) < 4.78 is 6.43. The molecule has 1 saturated heterocycles. The molecule has 6 heteroatoms. The summed E-state index contributed by atoms with van der Waals surface area (Å²) in [5.74, 6) is 0.952. The third kappa shape index (κ3) is 3.29. The van der Waals surface area contributed by atoms with Gasteiger partial charge in [-0.3, -0.25) is 4.79 Å². The van der Waals surface area contributed by atoms with Gasteiger partial charge in [0, 0.05) is 31.7 Å². The molecule has 0 saturated carbocycles. The van der Waals surface area contributed by atoms with Crippen LogP contribution in [0, 0.1) is 0 Å². The first-order valence-electron chi connectivity index (χ1n) is 9.69. The fourth-order valence-electron chi connectivity index (χ4n) is 3.84. The molecule has 0 radical (unpaired) electrons. The zero-order chi connectivity index (χ0) is 19.8. The Morgan fingerprint density at radius 2 is 1.79 bits per heavy atom. The van der Waals surface area contributed by atoms with Crippen LogP contribution in [0.15, 0.2) is 60.7 Å². The maximum atomic E-state index is 13.1. The molecule has 0 N–H and O–H groups in total. The Hall–Kier alpha value is -3.12.